The second-order valence-corrected chi connectivity index (χ2v) is 5.28. The van der Waals surface area contributed by atoms with Gasteiger partial charge in [0.15, 0.2) is 5.78 Å². The molecule has 0 aliphatic rings. The highest BCUT2D eigenvalue weighted by Crippen LogP contribution is 2.12. The van der Waals surface area contributed by atoms with E-state index in [1.54, 1.807) is 7.05 Å². The molecule has 0 aliphatic carbocycles. The van der Waals surface area contributed by atoms with Crippen molar-refractivity contribution in [3.8, 4) is 0 Å². The van der Waals surface area contributed by atoms with Crippen LogP contribution in [0.25, 0.3) is 0 Å². The van der Waals surface area contributed by atoms with E-state index in [1.165, 1.54) is 12.7 Å². The Balaban J connectivity index is 2.77. The van der Waals surface area contributed by atoms with E-state index in [2.05, 4.69) is 23.9 Å². The highest BCUT2D eigenvalue weighted by molar-refractivity contribution is 6.01. The first-order valence-electron chi connectivity index (χ1n) is 6.85. The first-order chi connectivity index (χ1) is 9.47. The van der Waals surface area contributed by atoms with Crippen LogP contribution in [0.4, 0.5) is 0 Å². The molecule has 0 aromatic heterocycles. The number of hydrogen-bond acceptors (Lipinski definition) is 4. The van der Waals surface area contributed by atoms with E-state index in [4.69, 9.17) is 0 Å². The molecule has 0 aliphatic heterocycles. The van der Waals surface area contributed by atoms with Gasteiger partial charge in [0.1, 0.15) is 0 Å². The maximum atomic E-state index is 12.3. The largest absolute Gasteiger partial charge is 0.469 e. The topological polar surface area (TPSA) is 55.4 Å². The summed E-state index contributed by atoms with van der Waals surface area (Å²) >= 11 is 0. The number of hydrogen-bond donors (Lipinski definition) is 1. The fourth-order valence-corrected chi connectivity index (χ4v) is 2.05. The third-order valence-corrected chi connectivity index (χ3v) is 3.15. The van der Waals surface area contributed by atoms with Crippen LogP contribution in [0.1, 0.15) is 36.2 Å². The van der Waals surface area contributed by atoms with E-state index in [0.717, 1.165) is 6.42 Å². The molecule has 0 amide bonds. The van der Waals surface area contributed by atoms with Gasteiger partial charge >= 0.3 is 5.97 Å². The van der Waals surface area contributed by atoms with Crippen LogP contribution in [0.5, 0.6) is 0 Å². The normalized spacial score (nSPS) is 12.2. The Kier molecular flexibility index (Phi) is 6.39. The molecule has 0 saturated heterocycles. The van der Waals surface area contributed by atoms with Crippen LogP contribution in [0.3, 0.4) is 0 Å². The van der Waals surface area contributed by atoms with E-state index >= 15 is 0 Å². The maximum absolute atomic E-state index is 12.3. The number of benzene rings is 1. The summed E-state index contributed by atoms with van der Waals surface area (Å²) in [6.07, 6.45) is 1.03. The number of likely N-dealkylation sites (N-methyl/N-ethyl adjacent to an activating group) is 1. The molecule has 1 aromatic rings. The van der Waals surface area contributed by atoms with Crippen molar-refractivity contribution in [2.24, 2.45) is 5.92 Å². The van der Waals surface area contributed by atoms with Crippen LogP contribution in [0.15, 0.2) is 24.3 Å². The number of rotatable bonds is 7. The van der Waals surface area contributed by atoms with Crippen LogP contribution in [0, 0.1) is 5.92 Å². The van der Waals surface area contributed by atoms with Crippen LogP contribution in [-0.2, 0) is 16.0 Å². The Labute approximate surface area is 120 Å². The molecule has 1 unspecified atom stereocenters. The first-order valence-corrected chi connectivity index (χ1v) is 6.85. The van der Waals surface area contributed by atoms with E-state index in [1.807, 2.05) is 24.3 Å². The van der Waals surface area contributed by atoms with Crippen molar-refractivity contribution < 1.29 is 14.3 Å². The lowest BCUT2D eigenvalue weighted by molar-refractivity contribution is -0.140. The third-order valence-electron chi connectivity index (χ3n) is 3.15. The molecular weight excluding hydrogens is 254 g/mol. The number of methoxy groups -OCH3 is 1. The lowest BCUT2D eigenvalue weighted by atomic mass is 9.97. The zero-order chi connectivity index (χ0) is 15.1. The second kappa shape index (κ2) is 7.80. The van der Waals surface area contributed by atoms with Gasteiger partial charge in [0.25, 0.3) is 0 Å². The lowest BCUT2D eigenvalue weighted by Gasteiger charge is -2.14. The van der Waals surface area contributed by atoms with Gasteiger partial charge in [-0.05, 0) is 24.9 Å². The molecule has 1 atom stereocenters. The molecule has 4 heteroatoms. The average molecular weight is 277 g/mol. The predicted octanol–water partition coefficient (Wildman–Crippen LogP) is 2.22. The summed E-state index contributed by atoms with van der Waals surface area (Å²) in [5.74, 6) is 0.101. The summed E-state index contributed by atoms with van der Waals surface area (Å²) < 4.78 is 4.60. The number of ether oxygens (including phenoxy) is 1. The third kappa shape index (κ3) is 4.78. The average Bonchev–Trinajstić information content (AvgIpc) is 2.44. The van der Waals surface area contributed by atoms with E-state index < -0.39 is 12.0 Å². The summed E-state index contributed by atoms with van der Waals surface area (Å²) in [6, 6.07) is 7.04. The van der Waals surface area contributed by atoms with Gasteiger partial charge in [0.05, 0.1) is 19.6 Å². The van der Waals surface area contributed by atoms with Gasteiger partial charge < -0.3 is 10.1 Å². The molecule has 0 radical (unpaired) electrons. The Morgan fingerprint density at radius 1 is 1.20 bits per heavy atom. The van der Waals surface area contributed by atoms with E-state index in [0.29, 0.717) is 11.5 Å². The Morgan fingerprint density at radius 3 is 2.25 bits per heavy atom. The van der Waals surface area contributed by atoms with Crippen LogP contribution in [0.2, 0.25) is 0 Å². The molecular formula is C16H23NO3. The zero-order valence-corrected chi connectivity index (χ0v) is 12.6. The summed E-state index contributed by atoms with van der Waals surface area (Å²) in [4.78, 5) is 23.6. The van der Waals surface area contributed by atoms with Crippen molar-refractivity contribution >= 4 is 11.8 Å². The minimum absolute atomic E-state index is 0.0412. The van der Waals surface area contributed by atoms with Crippen LogP contribution in [-0.4, -0.2) is 32.0 Å². The molecule has 1 N–H and O–H groups in total. The van der Waals surface area contributed by atoms with Gasteiger partial charge in [-0.1, -0.05) is 38.1 Å². The van der Waals surface area contributed by atoms with Gasteiger partial charge in [-0.25, -0.2) is 0 Å². The van der Waals surface area contributed by atoms with Gasteiger partial charge in [0, 0.05) is 5.56 Å². The van der Waals surface area contributed by atoms with Gasteiger partial charge in [-0.2, -0.15) is 0 Å². The van der Waals surface area contributed by atoms with Crippen molar-refractivity contribution in [2.75, 3.05) is 14.2 Å². The highest BCUT2D eigenvalue weighted by Gasteiger charge is 2.21. The second-order valence-electron chi connectivity index (χ2n) is 5.28. The lowest BCUT2D eigenvalue weighted by Crippen LogP contribution is -2.36. The van der Waals surface area contributed by atoms with Crippen molar-refractivity contribution in [3.63, 3.8) is 0 Å². The molecule has 0 fully saturated rings. The standard InChI is InChI=1S/C16H23NO3/c1-11(2)9-12-5-7-13(8-6-12)16(19)14(17-3)10-15(18)20-4/h5-8,11,14,17H,9-10H2,1-4H3. The number of Topliss-reactive ketones (excluding diaryl/α,β-unsaturated/α-hetero) is 1. The first kappa shape index (κ1) is 16.4. The molecule has 0 saturated carbocycles. The molecule has 1 aromatic carbocycles. The Morgan fingerprint density at radius 2 is 1.80 bits per heavy atom. The van der Waals surface area contributed by atoms with E-state index in [-0.39, 0.29) is 12.2 Å². The smallest absolute Gasteiger partial charge is 0.307 e. The number of nitrogens with one attached hydrogen (secondary N) is 1. The molecule has 0 bridgehead atoms. The number of ketones is 1. The number of esters is 1. The quantitative estimate of drug-likeness (QED) is 0.613. The molecule has 0 heterocycles. The molecule has 1 rings (SSSR count). The minimum atomic E-state index is -0.543. The summed E-state index contributed by atoms with van der Waals surface area (Å²) in [6.45, 7) is 4.32. The monoisotopic (exact) mass is 277 g/mol. The van der Waals surface area contributed by atoms with Gasteiger partial charge in [-0.3, -0.25) is 9.59 Å². The number of carbonyl (C=O) groups is 2. The SMILES string of the molecule is CNC(CC(=O)OC)C(=O)c1ccc(CC(C)C)cc1. The van der Waals surface area contributed by atoms with Gasteiger partial charge in [-0.15, -0.1) is 0 Å². The Bertz CT molecular complexity index is 451. The summed E-state index contributed by atoms with van der Waals surface area (Å²) in [5.41, 5.74) is 1.83. The van der Waals surface area contributed by atoms with Crippen molar-refractivity contribution in [1.29, 1.82) is 0 Å². The van der Waals surface area contributed by atoms with Gasteiger partial charge in [0.2, 0.25) is 0 Å². The van der Waals surface area contributed by atoms with Crippen molar-refractivity contribution in [2.45, 2.75) is 32.7 Å². The minimum Gasteiger partial charge on any atom is -0.469 e. The molecule has 110 valence electrons. The molecule has 4 nitrogen and oxygen atoms in total. The predicted molar refractivity (Wildman–Crippen MR) is 78.8 cm³/mol. The van der Waals surface area contributed by atoms with Crippen LogP contribution < -0.4 is 5.32 Å². The molecule has 0 spiro atoms. The summed E-state index contributed by atoms with van der Waals surface area (Å²) in [5, 5.41) is 2.86. The molecule has 20 heavy (non-hydrogen) atoms. The van der Waals surface area contributed by atoms with Crippen LogP contribution >= 0.6 is 0 Å². The fourth-order valence-electron chi connectivity index (χ4n) is 2.05. The van der Waals surface area contributed by atoms with E-state index in [9.17, 15) is 9.59 Å². The zero-order valence-electron chi connectivity index (χ0n) is 12.6. The van der Waals surface area contributed by atoms with Crippen molar-refractivity contribution in [3.05, 3.63) is 35.4 Å². The number of carbonyl (C=O) groups excluding carboxylic acids is 2. The highest BCUT2D eigenvalue weighted by atomic mass is 16.5. The summed E-state index contributed by atoms with van der Waals surface area (Å²) in [7, 11) is 2.98. The Hall–Kier alpha value is -1.68. The van der Waals surface area contributed by atoms with Crippen molar-refractivity contribution in [1.82, 2.24) is 5.32 Å². The maximum Gasteiger partial charge on any atom is 0.307 e. The fraction of sp³-hybridized carbons (Fsp3) is 0.500.